The first-order valence-corrected chi connectivity index (χ1v) is 9.48. The second kappa shape index (κ2) is 6.68. The van der Waals surface area contributed by atoms with Crippen molar-refractivity contribution in [3.63, 3.8) is 0 Å². The summed E-state index contributed by atoms with van der Waals surface area (Å²) < 4.78 is 19.5. The first-order chi connectivity index (χ1) is 13.6. The van der Waals surface area contributed by atoms with Crippen LogP contribution in [-0.4, -0.2) is 38.5 Å². The summed E-state index contributed by atoms with van der Waals surface area (Å²) in [6.45, 7) is 5.81. The van der Waals surface area contributed by atoms with Crippen LogP contribution in [0.2, 0.25) is 0 Å². The van der Waals surface area contributed by atoms with Crippen molar-refractivity contribution < 1.29 is 14.2 Å². The number of hydrogen-bond donors (Lipinski definition) is 0. The average molecular weight is 378 g/mol. The molecule has 2 aliphatic rings. The Hall–Kier alpha value is -2.77. The van der Waals surface area contributed by atoms with E-state index in [1.807, 2.05) is 42.5 Å². The van der Waals surface area contributed by atoms with Crippen LogP contribution in [0.3, 0.4) is 0 Å². The van der Waals surface area contributed by atoms with Crippen molar-refractivity contribution in [3.8, 4) is 17.1 Å². The van der Waals surface area contributed by atoms with Crippen LogP contribution >= 0.6 is 0 Å². The van der Waals surface area contributed by atoms with Crippen molar-refractivity contribution in [2.75, 3.05) is 6.61 Å². The molecule has 0 amide bonds. The lowest BCUT2D eigenvalue weighted by atomic mass is 9.93. The molecule has 1 aromatic heterocycles. The minimum atomic E-state index is -0.295. The van der Waals surface area contributed by atoms with Crippen LogP contribution in [0, 0.1) is 0 Å². The Morgan fingerprint density at radius 1 is 1.14 bits per heavy atom. The summed E-state index contributed by atoms with van der Waals surface area (Å²) in [5, 5.41) is 12.2. The first-order valence-electron chi connectivity index (χ1n) is 9.48. The molecule has 0 saturated carbocycles. The van der Waals surface area contributed by atoms with Gasteiger partial charge in [-0.1, -0.05) is 30.3 Å². The number of hydrogen-bond acceptors (Lipinski definition) is 6. The summed E-state index contributed by atoms with van der Waals surface area (Å²) in [6, 6.07) is 16.1. The predicted molar refractivity (Wildman–Crippen MR) is 102 cm³/mol. The van der Waals surface area contributed by atoms with E-state index in [4.69, 9.17) is 14.2 Å². The summed E-state index contributed by atoms with van der Waals surface area (Å²) in [6.07, 6.45) is 0.204. The molecule has 5 rings (SSSR count). The quantitative estimate of drug-likeness (QED) is 0.484. The van der Waals surface area contributed by atoms with Gasteiger partial charge in [0.2, 0.25) is 0 Å². The van der Waals surface area contributed by atoms with Gasteiger partial charge in [-0.2, -0.15) is 0 Å². The maximum absolute atomic E-state index is 6.09. The third-order valence-electron chi connectivity index (χ3n) is 5.22. The highest BCUT2D eigenvalue weighted by atomic mass is 16.6. The molecule has 1 unspecified atom stereocenters. The number of benzene rings is 2. The fourth-order valence-electron chi connectivity index (χ4n) is 3.70. The number of nitrogens with zero attached hydrogens (tertiary/aromatic N) is 4. The van der Waals surface area contributed by atoms with Crippen LogP contribution in [0.1, 0.15) is 31.1 Å². The fraction of sp³-hybridized carbons (Fsp3) is 0.381. The molecule has 144 valence electrons. The maximum Gasteiger partial charge on any atom is 0.182 e. The second-order valence-electron chi connectivity index (χ2n) is 7.70. The molecule has 0 bridgehead atoms. The summed E-state index contributed by atoms with van der Waals surface area (Å²) in [5.41, 5.74) is 2.87. The number of aromatic nitrogens is 4. The van der Waals surface area contributed by atoms with Crippen molar-refractivity contribution in [2.45, 2.75) is 44.8 Å². The number of tetrazole rings is 1. The van der Waals surface area contributed by atoms with E-state index >= 15 is 0 Å². The van der Waals surface area contributed by atoms with E-state index in [1.165, 1.54) is 0 Å². The molecule has 0 radical (unpaired) electrons. The molecule has 1 fully saturated rings. The van der Waals surface area contributed by atoms with Crippen LogP contribution in [0.25, 0.3) is 11.4 Å². The fourth-order valence-corrected chi connectivity index (χ4v) is 3.70. The van der Waals surface area contributed by atoms with Gasteiger partial charge in [0, 0.05) is 11.1 Å². The number of fused-ring (bicyclic) bond motifs is 3. The standard InChI is InChI=1S/C21H22N4O3/c1-21(2)19-18(27-19)16-12-15(8-9-17(16)28-21)20-22-23-24-25(20)10-11-26-13-14-6-4-3-5-7-14/h3-9,12,18-19H,10-11,13H2,1-2H3/t18?,19-/m0/s1. The molecule has 0 N–H and O–H groups in total. The minimum Gasteiger partial charge on any atom is -0.485 e. The smallest absolute Gasteiger partial charge is 0.182 e. The molecule has 7 nitrogen and oxygen atoms in total. The van der Waals surface area contributed by atoms with Gasteiger partial charge in [-0.05, 0) is 48.0 Å². The van der Waals surface area contributed by atoms with Gasteiger partial charge in [0.15, 0.2) is 5.82 Å². The highest BCUT2D eigenvalue weighted by Gasteiger charge is 2.56. The molecule has 3 aromatic rings. The molecule has 28 heavy (non-hydrogen) atoms. The number of rotatable bonds is 6. The van der Waals surface area contributed by atoms with Crippen LogP contribution in [-0.2, 0) is 22.6 Å². The van der Waals surface area contributed by atoms with Gasteiger partial charge in [0.1, 0.15) is 23.6 Å². The van der Waals surface area contributed by atoms with E-state index in [2.05, 4.69) is 35.4 Å². The normalized spacial score (nSPS) is 21.5. The Labute approximate surface area is 163 Å². The second-order valence-corrected chi connectivity index (χ2v) is 7.70. The molecule has 7 heteroatoms. The van der Waals surface area contributed by atoms with Crippen LogP contribution in [0.5, 0.6) is 5.75 Å². The van der Waals surface area contributed by atoms with E-state index in [0.717, 1.165) is 22.4 Å². The zero-order chi connectivity index (χ0) is 19.1. The third-order valence-corrected chi connectivity index (χ3v) is 5.22. The predicted octanol–water partition coefficient (Wildman–Crippen LogP) is 3.17. The molecule has 2 atom stereocenters. The van der Waals surface area contributed by atoms with Crippen molar-refractivity contribution >= 4 is 0 Å². The topological polar surface area (TPSA) is 74.6 Å². The Morgan fingerprint density at radius 3 is 2.86 bits per heavy atom. The summed E-state index contributed by atoms with van der Waals surface area (Å²) in [5.74, 6) is 1.59. The Balaban J connectivity index is 1.28. The lowest BCUT2D eigenvalue weighted by Crippen LogP contribution is -2.37. The SMILES string of the molecule is CC1(C)Oc2ccc(-c3nnnn3CCOCc3ccccc3)cc2C2O[C@@H]21. The molecular formula is C21H22N4O3. The van der Waals surface area contributed by atoms with Crippen molar-refractivity contribution in [1.29, 1.82) is 0 Å². The van der Waals surface area contributed by atoms with E-state index in [0.29, 0.717) is 25.6 Å². The van der Waals surface area contributed by atoms with Crippen molar-refractivity contribution in [2.24, 2.45) is 0 Å². The van der Waals surface area contributed by atoms with E-state index < -0.39 is 0 Å². The van der Waals surface area contributed by atoms with Crippen LogP contribution in [0.4, 0.5) is 0 Å². The number of epoxide rings is 1. The maximum atomic E-state index is 6.09. The molecule has 2 aliphatic heterocycles. The lowest BCUT2D eigenvalue weighted by molar-refractivity contribution is 0.0725. The van der Waals surface area contributed by atoms with Gasteiger partial charge in [-0.3, -0.25) is 0 Å². The molecule has 1 saturated heterocycles. The van der Waals surface area contributed by atoms with Gasteiger partial charge >= 0.3 is 0 Å². The van der Waals surface area contributed by atoms with Gasteiger partial charge < -0.3 is 14.2 Å². The summed E-state index contributed by atoms with van der Waals surface area (Å²) in [7, 11) is 0. The monoisotopic (exact) mass is 378 g/mol. The first kappa shape index (κ1) is 17.3. The van der Waals surface area contributed by atoms with Crippen molar-refractivity contribution in [1.82, 2.24) is 20.2 Å². The lowest BCUT2D eigenvalue weighted by Gasteiger charge is -2.29. The molecular weight excluding hydrogens is 356 g/mol. The van der Waals surface area contributed by atoms with Gasteiger partial charge in [-0.15, -0.1) is 5.10 Å². The Bertz CT molecular complexity index is 986. The zero-order valence-electron chi connectivity index (χ0n) is 15.9. The molecule has 0 spiro atoms. The minimum absolute atomic E-state index is 0.0947. The van der Waals surface area contributed by atoms with E-state index in [9.17, 15) is 0 Å². The molecule has 2 aromatic carbocycles. The van der Waals surface area contributed by atoms with Gasteiger partial charge in [-0.25, -0.2) is 4.68 Å². The van der Waals surface area contributed by atoms with Gasteiger partial charge in [0.25, 0.3) is 0 Å². The summed E-state index contributed by atoms with van der Waals surface area (Å²) >= 11 is 0. The zero-order valence-corrected chi connectivity index (χ0v) is 15.9. The van der Waals surface area contributed by atoms with E-state index in [-0.39, 0.29) is 17.8 Å². The summed E-state index contributed by atoms with van der Waals surface area (Å²) in [4.78, 5) is 0. The van der Waals surface area contributed by atoms with E-state index in [1.54, 1.807) is 4.68 Å². The number of ether oxygens (including phenoxy) is 3. The molecule has 3 heterocycles. The Kier molecular flexibility index (Phi) is 4.14. The average Bonchev–Trinajstić information content (AvgIpc) is 3.39. The largest absolute Gasteiger partial charge is 0.485 e. The highest BCUT2D eigenvalue weighted by molar-refractivity contribution is 5.60. The highest BCUT2D eigenvalue weighted by Crippen LogP contribution is 2.54. The Morgan fingerprint density at radius 2 is 2.00 bits per heavy atom. The third kappa shape index (κ3) is 3.16. The van der Waals surface area contributed by atoms with Gasteiger partial charge in [0.05, 0.1) is 19.8 Å². The van der Waals surface area contributed by atoms with Crippen LogP contribution < -0.4 is 4.74 Å². The molecule has 0 aliphatic carbocycles. The van der Waals surface area contributed by atoms with Crippen LogP contribution in [0.15, 0.2) is 48.5 Å². The van der Waals surface area contributed by atoms with Crippen molar-refractivity contribution in [3.05, 3.63) is 59.7 Å².